The number of carbonyl (C=O) groups excluding carboxylic acids is 1. The molecule has 2 aromatic heterocycles. The van der Waals surface area contributed by atoms with Gasteiger partial charge in [-0.2, -0.15) is 5.10 Å². The van der Waals surface area contributed by atoms with Crippen molar-refractivity contribution >= 4 is 34.8 Å². The minimum Gasteiger partial charge on any atom is -0.367 e. The molecule has 33 heavy (non-hydrogen) atoms. The van der Waals surface area contributed by atoms with Crippen LogP contribution >= 0.6 is 23.2 Å². The topological polar surface area (TPSA) is 46.3 Å². The first-order valence-corrected chi connectivity index (χ1v) is 11.5. The number of hydrogen-bond donors (Lipinski definition) is 0. The standard InChI is InChI=1S/C25H23Cl2N5O/c1-29-12-6-11-23(29)20-17-24(32(28-20)22-10-5-3-8-19(22)27)25(33)31-15-13-30(14-16-31)21-9-4-2-7-18(21)26/h2-12,17H,13-16H2,1H3. The van der Waals surface area contributed by atoms with Crippen molar-refractivity contribution in [3.63, 3.8) is 0 Å². The summed E-state index contributed by atoms with van der Waals surface area (Å²) in [6.07, 6.45) is 1.96. The van der Waals surface area contributed by atoms with E-state index in [1.54, 1.807) is 10.7 Å². The van der Waals surface area contributed by atoms with E-state index in [4.69, 9.17) is 28.3 Å². The molecule has 0 atom stereocenters. The predicted octanol–water partition coefficient (Wildman–Crippen LogP) is 5.15. The highest BCUT2D eigenvalue weighted by Gasteiger charge is 2.27. The van der Waals surface area contributed by atoms with Crippen LogP contribution < -0.4 is 4.90 Å². The van der Waals surface area contributed by atoms with Crippen molar-refractivity contribution in [3.05, 3.63) is 88.7 Å². The van der Waals surface area contributed by atoms with E-state index in [0.29, 0.717) is 42.6 Å². The van der Waals surface area contributed by atoms with E-state index in [1.807, 2.05) is 83.4 Å². The number of anilines is 1. The van der Waals surface area contributed by atoms with Crippen molar-refractivity contribution < 1.29 is 4.79 Å². The van der Waals surface area contributed by atoms with Gasteiger partial charge in [-0.3, -0.25) is 4.79 Å². The van der Waals surface area contributed by atoms with E-state index < -0.39 is 0 Å². The lowest BCUT2D eigenvalue weighted by atomic mass is 10.2. The van der Waals surface area contributed by atoms with Crippen LogP contribution in [0.25, 0.3) is 17.1 Å². The molecule has 1 aliphatic heterocycles. The van der Waals surface area contributed by atoms with Gasteiger partial charge in [0.15, 0.2) is 0 Å². The van der Waals surface area contributed by atoms with Crippen molar-refractivity contribution in [1.29, 1.82) is 0 Å². The van der Waals surface area contributed by atoms with E-state index in [1.165, 1.54) is 0 Å². The van der Waals surface area contributed by atoms with Gasteiger partial charge in [0, 0.05) is 39.4 Å². The Morgan fingerprint density at radius 2 is 1.48 bits per heavy atom. The number of aromatic nitrogens is 3. The summed E-state index contributed by atoms with van der Waals surface area (Å²) < 4.78 is 3.64. The highest BCUT2D eigenvalue weighted by molar-refractivity contribution is 6.33. The van der Waals surface area contributed by atoms with Gasteiger partial charge in [0.2, 0.25) is 0 Å². The number of amides is 1. The van der Waals surface area contributed by atoms with Crippen LogP contribution in [0.15, 0.2) is 72.9 Å². The highest BCUT2D eigenvalue weighted by atomic mass is 35.5. The molecule has 168 valence electrons. The monoisotopic (exact) mass is 479 g/mol. The molecule has 5 rings (SSSR count). The van der Waals surface area contributed by atoms with Crippen LogP contribution in [-0.2, 0) is 7.05 Å². The Morgan fingerprint density at radius 3 is 2.09 bits per heavy atom. The van der Waals surface area contributed by atoms with Crippen LogP contribution in [0.4, 0.5) is 5.69 Å². The number of rotatable bonds is 4. The number of hydrogen-bond acceptors (Lipinski definition) is 3. The second-order valence-corrected chi connectivity index (χ2v) is 8.83. The Balaban J connectivity index is 1.45. The van der Waals surface area contributed by atoms with Gasteiger partial charge in [0.25, 0.3) is 5.91 Å². The molecule has 3 heterocycles. The van der Waals surface area contributed by atoms with Gasteiger partial charge < -0.3 is 14.4 Å². The number of halogens is 2. The predicted molar refractivity (Wildman–Crippen MR) is 133 cm³/mol. The first kappa shape index (κ1) is 21.6. The van der Waals surface area contributed by atoms with Crippen LogP contribution in [-0.4, -0.2) is 51.3 Å². The molecule has 6 nitrogen and oxygen atoms in total. The molecule has 0 saturated carbocycles. The Morgan fingerprint density at radius 1 is 0.848 bits per heavy atom. The summed E-state index contributed by atoms with van der Waals surface area (Å²) in [5.74, 6) is -0.0679. The number of aryl methyl sites for hydroxylation is 1. The molecule has 1 saturated heterocycles. The molecule has 2 aromatic carbocycles. The second-order valence-electron chi connectivity index (χ2n) is 8.01. The number of piperazine rings is 1. The van der Waals surface area contributed by atoms with Gasteiger partial charge in [-0.15, -0.1) is 0 Å². The molecule has 1 fully saturated rings. The Hall–Kier alpha value is -3.22. The first-order chi connectivity index (χ1) is 16.0. The fourth-order valence-corrected chi connectivity index (χ4v) is 4.68. The Bertz CT molecular complexity index is 1300. The SMILES string of the molecule is Cn1cccc1-c1cc(C(=O)N2CCN(c3ccccc3Cl)CC2)n(-c2ccccc2Cl)n1. The van der Waals surface area contributed by atoms with Crippen LogP contribution in [0.2, 0.25) is 10.0 Å². The van der Waals surface area contributed by atoms with Crippen molar-refractivity contribution in [3.8, 4) is 17.1 Å². The summed E-state index contributed by atoms with van der Waals surface area (Å²) in [7, 11) is 1.96. The lowest BCUT2D eigenvalue weighted by molar-refractivity contribution is 0.0737. The van der Waals surface area contributed by atoms with Crippen molar-refractivity contribution in [2.75, 3.05) is 31.1 Å². The zero-order chi connectivity index (χ0) is 22.9. The lowest BCUT2D eigenvalue weighted by Crippen LogP contribution is -2.49. The smallest absolute Gasteiger partial charge is 0.272 e. The fraction of sp³-hybridized carbons (Fsp3) is 0.200. The maximum Gasteiger partial charge on any atom is 0.272 e. The van der Waals surface area contributed by atoms with E-state index in [-0.39, 0.29) is 5.91 Å². The minimum absolute atomic E-state index is 0.0679. The van der Waals surface area contributed by atoms with Gasteiger partial charge >= 0.3 is 0 Å². The number of benzene rings is 2. The third kappa shape index (κ3) is 4.12. The van der Waals surface area contributed by atoms with E-state index in [0.717, 1.165) is 22.1 Å². The summed E-state index contributed by atoms with van der Waals surface area (Å²) in [6.45, 7) is 2.61. The largest absolute Gasteiger partial charge is 0.367 e. The van der Waals surface area contributed by atoms with Gasteiger partial charge in [0.1, 0.15) is 11.4 Å². The molecule has 4 aromatic rings. The first-order valence-electron chi connectivity index (χ1n) is 10.8. The average molecular weight is 480 g/mol. The molecule has 0 N–H and O–H groups in total. The van der Waals surface area contributed by atoms with Crippen molar-refractivity contribution in [1.82, 2.24) is 19.2 Å². The van der Waals surface area contributed by atoms with Crippen molar-refractivity contribution in [2.45, 2.75) is 0 Å². The van der Waals surface area contributed by atoms with Crippen LogP contribution in [0.3, 0.4) is 0 Å². The summed E-state index contributed by atoms with van der Waals surface area (Å²) in [5, 5.41) is 6.03. The summed E-state index contributed by atoms with van der Waals surface area (Å²) in [4.78, 5) is 17.7. The minimum atomic E-state index is -0.0679. The fourth-order valence-electron chi connectivity index (χ4n) is 4.21. The highest BCUT2D eigenvalue weighted by Crippen LogP contribution is 2.28. The number of carbonyl (C=O) groups is 1. The summed E-state index contributed by atoms with van der Waals surface area (Å²) in [5.41, 5.74) is 3.82. The summed E-state index contributed by atoms with van der Waals surface area (Å²) >= 11 is 12.9. The number of para-hydroxylation sites is 2. The van der Waals surface area contributed by atoms with E-state index >= 15 is 0 Å². The van der Waals surface area contributed by atoms with Crippen LogP contribution in [0.1, 0.15) is 10.5 Å². The maximum atomic E-state index is 13.7. The van der Waals surface area contributed by atoms with E-state index in [9.17, 15) is 4.79 Å². The van der Waals surface area contributed by atoms with Crippen molar-refractivity contribution in [2.24, 2.45) is 7.05 Å². The quantitative estimate of drug-likeness (QED) is 0.406. The zero-order valence-corrected chi connectivity index (χ0v) is 19.7. The molecule has 8 heteroatoms. The Kier molecular flexibility index (Phi) is 5.87. The van der Waals surface area contributed by atoms with Gasteiger partial charge in [-0.05, 0) is 42.5 Å². The second kappa shape index (κ2) is 8.96. The lowest BCUT2D eigenvalue weighted by Gasteiger charge is -2.36. The Labute approximate surface area is 202 Å². The molecule has 0 unspecified atom stereocenters. The zero-order valence-electron chi connectivity index (χ0n) is 18.2. The molecule has 0 spiro atoms. The van der Waals surface area contributed by atoms with Gasteiger partial charge in [0.05, 0.1) is 27.1 Å². The molecule has 1 aliphatic rings. The third-order valence-electron chi connectivity index (χ3n) is 5.98. The normalized spacial score (nSPS) is 14.0. The third-order valence-corrected chi connectivity index (χ3v) is 6.61. The van der Waals surface area contributed by atoms with E-state index in [2.05, 4.69) is 4.90 Å². The maximum absolute atomic E-state index is 13.7. The van der Waals surface area contributed by atoms with Crippen LogP contribution in [0, 0.1) is 0 Å². The van der Waals surface area contributed by atoms with Gasteiger partial charge in [-0.1, -0.05) is 47.5 Å². The molecular weight excluding hydrogens is 457 g/mol. The number of nitrogens with zero attached hydrogens (tertiary/aromatic N) is 5. The summed E-state index contributed by atoms with van der Waals surface area (Å²) in [6, 6.07) is 21.0. The molecule has 0 aliphatic carbocycles. The molecule has 0 bridgehead atoms. The molecular formula is C25H23Cl2N5O. The molecule has 0 radical (unpaired) electrons. The average Bonchev–Trinajstić information content (AvgIpc) is 3.45. The molecule has 1 amide bonds. The van der Waals surface area contributed by atoms with Crippen LogP contribution in [0.5, 0.6) is 0 Å². The van der Waals surface area contributed by atoms with Gasteiger partial charge in [-0.25, -0.2) is 4.68 Å².